The van der Waals surface area contributed by atoms with Crippen LogP contribution in [0.3, 0.4) is 0 Å². The molecule has 0 atom stereocenters. The van der Waals surface area contributed by atoms with Crippen molar-refractivity contribution < 1.29 is 9.47 Å². The fourth-order valence-electron chi connectivity index (χ4n) is 4.00. The quantitative estimate of drug-likeness (QED) is 0.474. The lowest BCUT2D eigenvalue weighted by atomic mass is 10.1. The van der Waals surface area contributed by atoms with Gasteiger partial charge < -0.3 is 20.5 Å². The molecule has 0 radical (unpaired) electrons. The van der Waals surface area contributed by atoms with Gasteiger partial charge in [0.1, 0.15) is 0 Å². The number of hydrogen-bond acceptors (Lipinski definition) is 4. The SMILES string of the molecule is COc1ccc(CCNC(N)=NCc2ccccc2CN2CCCCCC2)cc1OC. The highest BCUT2D eigenvalue weighted by Crippen LogP contribution is 2.27. The molecule has 1 fully saturated rings. The summed E-state index contributed by atoms with van der Waals surface area (Å²) in [5.41, 5.74) is 9.88. The number of likely N-dealkylation sites (tertiary alicyclic amines) is 1. The van der Waals surface area contributed by atoms with Crippen LogP contribution < -0.4 is 20.5 Å². The van der Waals surface area contributed by atoms with Gasteiger partial charge in [-0.3, -0.25) is 4.90 Å². The number of nitrogens with two attached hydrogens (primary N) is 1. The molecule has 0 aliphatic carbocycles. The monoisotopic (exact) mass is 424 g/mol. The van der Waals surface area contributed by atoms with Crippen molar-refractivity contribution in [2.24, 2.45) is 10.7 Å². The summed E-state index contributed by atoms with van der Waals surface area (Å²) in [5, 5.41) is 3.22. The van der Waals surface area contributed by atoms with Crippen LogP contribution in [0.4, 0.5) is 0 Å². The maximum absolute atomic E-state index is 6.13. The van der Waals surface area contributed by atoms with E-state index in [-0.39, 0.29) is 0 Å². The summed E-state index contributed by atoms with van der Waals surface area (Å²) < 4.78 is 10.7. The summed E-state index contributed by atoms with van der Waals surface area (Å²) in [6.45, 7) is 4.69. The Kier molecular flexibility index (Phi) is 9.03. The van der Waals surface area contributed by atoms with Gasteiger partial charge in [0.25, 0.3) is 0 Å². The molecule has 0 aromatic heterocycles. The van der Waals surface area contributed by atoms with Crippen LogP contribution in [0.1, 0.15) is 42.4 Å². The summed E-state index contributed by atoms with van der Waals surface area (Å²) in [6, 6.07) is 14.5. The van der Waals surface area contributed by atoms with Gasteiger partial charge in [-0.05, 0) is 61.2 Å². The molecule has 2 aromatic carbocycles. The first kappa shape index (κ1) is 22.9. The van der Waals surface area contributed by atoms with Gasteiger partial charge in [-0.2, -0.15) is 0 Å². The van der Waals surface area contributed by atoms with Crippen molar-refractivity contribution in [3.63, 3.8) is 0 Å². The molecule has 0 saturated carbocycles. The predicted molar refractivity (Wildman–Crippen MR) is 127 cm³/mol. The normalized spacial score (nSPS) is 15.4. The molecule has 168 valence electrons. The van der Waals surface area contributed by atoms with E-state index in [0.717, 1.165) is 30.0 Å². The van der Waals surface area contributed by atoms with Gasteiger partial charge >= 0.3 is 0 Å². The third kappa shape index (κ3) is 7.17. The second kappa shape index (κ2) is 12.2. The largest absolute Gasteiger partial charge is 0.493 e. The number of nitrogens with zero attached hydrogens (tertiary/aromatic N) is 2. The molecular weight excluding hydrogens is 388 g/mol. The van der Waals surface area contributed by atoms with E-state index in [0.29, 0.717) is 19.0 Å². The third-order valence-corrected chi connectivity index (χ3v) is 5.80. The average Bonchev–Trinajstić information content (AvgIpc) is 3.07. The number of nitrogens with one attached hydrogen (secondary N) is 1. The number of rotatable bonds is 9. The van der Waals surface area contributed by atoms with Gasteiger partial charge in [0.05, 0.1) is 20.8 Å². The zero-order valence-corrected chi connectivity index (χ0v) is 18.9. The minimum Gasteiger partial charge on any atom is -0.493 e. The van der Waals surface area contributed by atoms with Crippen molar-refractivity contribution >= 4 is 5.96 Å². The molecule has 1 aliphatic rings. The van der Waals surface area contributed by atoms with Crippen LogP contribution in [-0.4, -0.2) is 44.7 Å². The molecule has 0 amide bonds. The van der Waals surface area contributed by atoms with Gasteiger partial charge in [-0.25, -0.2) is 4.99 Å². The van der Waals surface area contributed by atoms with Crippen molar-refractivity contribution in [2.75, 3.05) is 33.9 Å². The summed E-state index contributed by atoms with van der Waals surface area (Å²) in [7, 11) is 3.29. The van der Waals surface area contributed by atoms with Crippen molar-refractivity contribution in [2.45, 2.75) is 45.2 Å². The van der Waals surface area contributed by atoms with Gasteiger partial charge in [-0.1, -0.05) is 43.2 Å². The van der Waals surface area contributed by atoms with Gasteiger partial charge in [0.15, 0.2) is 17.5 Å². The van der Waals surface area contributed by atoms with Crippen LogP contribution >= 0.6 is 0 Å². The first-order valence-electron chi connectivity index (χ1n) is 11.2. The van der Waals surface area contributed by atoms with E-state index in [4.69, 9.17) is 15.2 Å². The Labute approximate surface area is 186 Å². The summed E-state index contributed by atoms with van der Waals surface area (Å²) in [6.07, 6.45) is 6.14. The smallest absolute Gasteiger partial charge is 0.188 e. The van der Waals surface area contributed by atoms with Crippen LogP contribution in [0.15, 0.2) is 47.5 Å². The van der Waals surface area contributed by atoms with E-state index in [1.54, 1.807) is 14.2 Å². The Morgan fingerprint density at radius 3 is 2.39 bits per heavy atom. The number of aliphatic imine (C=N–C) groups is 1. The van der Waals surface area contributed by atoms with E-state index in [1.165, 1.54) is 49.9 Å². The van der Waals surface area contributed by atoms with Crippen LogP contribution in [0.2, 0.25) is 0 Å². The van der Waals surface area contributed by atoms with Gasteiger partial charge in [-0.15, -0.1) is 0 Å². The molecule has 6 nitrogen and oxygen atoms in total. The highest BCUT2D eigenvalue weighted by Gasteiger charge is 2.11. The zero-order valence-electron chi connectivity index (χ0n) is 18.9. The van der Waals surface area contributed by atoms with Crippen LogP contribution in [0.25, 0.3) is 0 Å². The Morgan fingerprint density at radius 2 is 1.68 bits per heavy atom. The number of benzene rings is 2. The lowest BCUT2D eigenvalue weighted by Crippen LogP contribution is -2.33. The Bertz CT molecular complexity index is 845. The molecule has 1 aliphatic heterocycles. The van der Waals surface area contributed by atoms with Gasteiger partial charge in [0, 0.05) is 13.1 Å². The molecule has 2 aromatic rings. The fourth-order valence-corrected chi connectivity index (χ4v) is 4.00. The Morgan fingerprint density at radius 1 is 0.968 bits per heavy atom. The van der Waals surface area contributed by atoms with Crippen LogP contribution in [-0.2, 0) is 19.5 Å². The van der Waals surface area contributed by atoms with Crippen LogP contribution in [0.5, 0.6) is 11.5 Å². The minimum atomic E-state index is 0.477. The molecule has 3 N–H and O–H groups in total. The summed E-state index contributed by atoms with van der Waals surface area (Å²) in [5.74, 6) is 1.95. The molecule has 1 heterocycles. The molecule has 0 spiro atoms. The standard InChI is InChI=1S/C25H36N4O2/c1-30-23-12-11-20(17-24(23)31-2)13-14-27-25(26)28-18-21-9-5-6-10-22(21)19-29-15-7-3-4-8-16-29/h5-6,9-12,17H,3-4,7-8,13-16,18-19H2,1-2H3,(H3,26,27,28). The van der Waals surface area contributed by atoms with E-state index < -0.39 is 0 Å². The highest BCUT2D eigenvalue weighted by atomic mass is 16.5. The number of ether oxygens (including phenoxy) is 2. The lowest BCUT2D eigenvalue weighted by molar-refractivity contribution is 0.276. The summed E-state index contributed by atoms with van der Waals surface area (Å²) >= 11 is 0. The molecular formula is C25H36N4O2. The first-order valence-corrected chi connectivity index (χ1v) is 11.2. The van der Waals surface area contributed by atoms with Gasteiger partial charge in [0.2, 0.25) is 0 Å². The fraction of sp³-hybridized carbons (Fsp3) is 0.480. The molecule has 0 bridgehead atoms. The Hall–Kier alpha value is -2.73. The lowest BCUT2D eigenvalue weighted by Gasteiger charge is -2.21. The number of guanidine groups is 1. The second-order valence-corrected chi connectivity index (χ2v) is 8.03. The topological polar surface area (TPSA) is 72.1 Å². The van der Waals surface area contributed by atoms with E-state index in [1.807, 2.05) is 18.2 Å². The number of hydrogen-bond donors (Lipinski definition) is 2. The number of methoxy groups -OCH3 is 2. The third-order valence-electron chi connectivity index (χ3n) is 5.80. The first-order chi connectivity index (χ1) is 15.2. The molecule has 3 rings (SSSR count). The van der Waals surface area contributed by atoms with Crippen LogP contribution in [0, 0.1) is 0 Å². The summed E-state index contributed by atoms with van der Waals surface area (Å²) in [4.78, 5) is 7.15. The molecule has 0 unspecified atom stereocenters. The van der Waals surface area contributed by atoms with Crippen molar-refractivity contribution in [3.8, 4) is 11.5 Å². The molecule has 6 heteroatoms. The average molecular weight is 425 g/mol. The highest BCUT2D eigenvalue weighted by molar-refractivity contribution is 5.77. The van der Waals surface area contributed by atoms with Crippen molar-refractivity contribution in [3.05, 3.63) is 59.2 Å². The van der Waals surface area contributed by atoms with E-state index in [9.17, 15) is 0 Å². The minimum absolute atomic E-state index is 0.477. The Balaban J connectivity index is 1.51. The zero-order chi connectivity index (χ0) is 21.9. The van der Waals surface area contributed by atoms with E-state index >= 15 is 0 Å². The maximum Gasteiger partial charge on any atom is 0.188 e. The second-order valence-electron chi connectivity index (χ2n) is 8.03. The van der Waals surface area contributed by atoms with Crippen molar-refractivity contribution in [1.82, 2.24) is 10.2 Å². The predicted octanol–water partition coefficient (Wildman–Crippen LogP) is 3.73. The van der Waals surface area contributed by atoms with E-state index in [2.05, 4.69) is 39.5 Å². The van der Waals surface area contributed by atoms with Crippen molar-refractivity contribution in [1.29, 1.82) is 0 Å². The maximum atomic E-state index is 6.13. The molecule has 1 saturated heterocycles. The molecule has 31 heavy (non-hydrogen) atoms.